The van der Waals surface area contributed by atoms with E-state index >= 15 is 0 Å². The molecule has 0 aliphatic heterocycles. The van der Waals surface area contributed by atoms with Crippen molar-refractivity contribution < 1.29 is 9.90 Å². The molecule has 1 aromatic rings. The number of nitrogens with two attached hydrogens (primary N) is 1. The van der Waals surface area contributed by atoms with Crippen LogP contribution in [-0.2, 0) is 11.2 Å². The van der Waals surface area contributed by atoms with E-state index in [1.54, 1.807) is 0 Å². The molecule has 0 saturated carbocycles. The van der Waals surface area contributed by atoms with E-state index in [9.17, 15) is 4.79 Å². The average Bonchev–Trinajstić information content (AvgIpc) is 2.13. The van der Waals surface area contributed by atoms with E-state index in [1.165, 1.54) is 16.7 Å². The third-order valence-electron chi connectivity index (χ3n) is 2.76. The molecule has 0 amide bonds. The molecule has 0 bridgehead atoms. The summed E-state index contributed by atoms with van der Waals surface area (Å²) in [5.74, 6) is -0.953. The highest BCUT2D eigenvalue weighted by Gasteiger charge is 2.12. The van der Waals surface area contributed by atoms with Crippen LogP contribution < -0.4 is 5.73 Å². The molecule has 15 heavy (non-hydrogen) atoms. The standard InChI is InChI=1S/C12H17NO2/c1-7-4-10(5-8(2)9(7)3)6-11(13)12(14)15/h4-5,11H,6,13H2,1-3H3,(H,14,15). The number of aliphatic carboxylic acids is 1. The molecular weight excluding hydrogens is 190 g/mol. The summed E-state index contributed by atoms with van der Waals surface area (Å²) in [4.78, 5) is 10.6. The molecule has 0 saturated heterocycles. The second kappa shape index (κ2) is 4.45. The van der Waals surface area contributed by atoms with Crippen molar-refractivity contribution in [2.45, 2.75) is 33.2 Å². The van der Waals surface area contributed by atoms with Crippen molar-refractivity contribution >= 4 is 5.97 Å². The van der Waals surface area contributed by atoms with Crippen molar-refractivity contribution in [3.63, 3.8) is 0 Å². The minimum absolute atomic E-state index is 0.386. The minimum Gasteiger partial charge on any atom is -0.480 e. The number of carbonyl (C=O) groups is 1. The number of benzene rings is 1. The topological polar surface area (TPSA) is 63.3 Å². The van der Waals surface area contributed by atoms with Crippen molar-refractivity contribution in [1.82, 2.24) is 0 Å². The van der Waals surface area contributed by atoms with Gasteiger partial charge in [-0.2, -0.15) is 0 Å². The van der Waals surface area contributed by atoms with Crippen LogP contribution in [0.1, 0.15) is 22.3 Å². The van der Waals surface area contributed by atoms with Gasteiger partial charge >= 0.3 is 5.97 Å². The van der Waals surface area contributed by atoms with Crippen molar-refractivity contribution in [3.05, 3.63) is 34.4 Å². The summed E-state index contributed by atoms with van der Waals surface area (Å²) in [6.07, 6.45) is 0.386. The lowest BCUT2D eigenvalue weighted by Gasteiger charge is -2.11. The predicted molar refractivity (Wildman–Crippen MR) is 60.0 cm³/mol. The summed E-state index contributed by atoms with van der Waals surface area (Å²) in [6, 6.07) is 3.20. The average molecular weight is 207 g/mol. The Kier molecular flexibility index (Phi) is 3.48. The van der Waals surface area contributed by atoms with Crippen LogP contribution in [0, 0.1) is 20.8 Å². The number of carboxylic acids is 1. The first-order valence-corrected chi connectivity index (χ1v) is 4.97. The first kappa shape index (κ1) is 11.7. The van der Waals surface area contributed by atoms with Gasteiger partial charge in [0.15, 0.2) is 0 Å². The molecule has 3 heteroatoms. The molecule has 0 aliphatic rings. The lowest BCUT2D eigenvalue weighted by Crippen LogP contribution is -2.32. The summed E-state index contributed by atoms with van der Waals surface area (Å²) in [5.41, 5.74) is 10.1. The summed E-state index contributed by atoms with van der Waals surface area (Å²) in [6.45, 7) is 6.11. The van der Waals surface area contributed by atoms with E-state index < -0.39 is 12.0 Å². The predicted octanol–water partition coefficient (Wildman–Crippen LogP) is 1.57. The molecule has 0 heterocycles. The third-order valence-corrected chi connectivity index (χ3v) is 2.76. The quantitative estimate of drug-likeness (QED) is 0.790. The maximum absolute atomic E-state index is 10.6. The van der Waals surface area contributed by atoms with Gasteiger partial charge in [0.25, 0.3) is 0 Å². The lowest BCUT2D eigenvalue weighted by molar-refractivity contribution is -0.138. The van der Waals surface area contributed by atoms with Gasteiger partial charge in [-0.15, -0.1) is 0 Å². The van der Waals surface area contributed by atoms with Crippen LogP contribution in [0.2, 0.25) is 0 Å². The summed E-state index contributed by atoms with van der Waals surface area (Å²) < 4.78 is 0. The normalized spacial score (nSPS) is 12.5. The molecule has 0 aromatic heterocycles. The monoisotopic (exact) mass is 207 g/mol. The SMILES string of the molecule is Cc1cc(CC(N)C(=O)O)cc(C)c1C. The molecular formula is C12H17NO2. The van der Waals surface area contributed by atoms with Crippen molar-refractivity contribution in [3.8, 4) is 0 Å². The van der Waals surface area contributed by atoms with Gasteiger partial charge in [-0.05, 0) is 49.4 Å². The zero-order valence-corrected chi connectivity index (χ0v) is 9.37. The molecule has 1 atom stereocenters. The second-order valence-electron chi connectivity index (χ2n) is 4.00. The zero-order valence-electron chi connectivity index (χ0n) is 9.37. The van der Waals surface area contributed by atoms with Crippen molar-refractivity contribution in [1.29, 1.82) is 0 Å². The minimum atomic E-state index is -0.953. The van der Waals surface area contributed by atoms with E-state index in [0.717, 1.165) is 5.56 Å². The molecule has 1 rings (SSSR count). The van der Waals surface area contributed by atoms with E-state index in [0.29, 0.717) is 6.42 Å². The highest BCUT2D eigenvalue weighted by atomic mass is 16.4. The van der Waals surface area contributed by atoms with Crippen molar-refractivity contribution in [2.75, 3.05) is 0 Å². The zero-order chi connectivity index (χ0) is 11.6. The van der Waals surface area contributed by atoms with Crippen LogP contribution in [0.3, 0.4) is 0 Å². The van der Waals surface area contributed by atoms with Crippen LogP contribution in [0.5, 0.6) is 0 Å². The number of hydrogen-bond donors (Lipinski definition) is 2. The van der Waals surface area contributed by atoms with Gasteiger partial charge in [-0.25, -0.2) is 0 Å². The van der Waals surface area contributed by atoms with Crippen molar-refractivity contribution in [2.24, 2.45) is 5.73 Å². The van der Waals surface area contributed by atoms with Crippen LogP contribution in [0.4, 0.5) is 0 Å². The molecule has 1 unspecified atom stereocenters. The fourth-order valence-electron chi connectivity index (χ4n) is 1.58. The van der Waals surface area contributed by atoms with Gasteiger partial charge in [0.1, 0.15) is 6.04 Å². The van der Waals surface area contributed by atoms with Gasteiger partial charge in [-0.1, -0.05) is 12.1 Å². The first-order valence-electron chi connectivity index (χ1n) is 4.97. The fourth-order valence-corrected chi connectivity index (χ4v) is 1.58. The fraction of sp³-hybridized carbons (Fsp3) is 0.417. The number of aryl methyl sites for hydroxylation is 2. The number of carboxylic acid groups (broad SMARTS) is 1. The number of hydrogen-bond acceptors (Lipinski definition) is 2. The largest absolute Gasteiger partial charge is 0.480 e. The van der Waals surface area contributed by atoms with Gasteiger partial charge in [0.05, 0.1) is 0 Å². The molecule has 3 nitrogen and oxygen atoms in total. The second-order valence-corrected chi connectivity index (χ2v) is 4.00. The smallest absolute Gasteiger partial charge is 0.320 e. The van der Waals surface area contributed by atoms with Gasteiger partial charge < -0.3 is 10.8 Å². The molecule has 0 radical (unpaired) electrons. The Bertz CT molecular complexity index is 362. The molecule has 3 N–H and O–H groups in total. The Hall–Kier alpha value is -1.35. The van der Waals surface area contributed by atoms with Crippen LogP contribution >= 0.6 is 0 Å². The highest BCUT2D eigenvalue weighted by molar-refractivity contribution is 5.73. The molecule has 82 valence electrons. The lowest BCUT2D eigenvalue weighted by atomic mass is 9.97. The summed E-state index contributed by atoms with van der Waals surface area (Å²) in [7, 11) is 0. The molecule has 0 spiro atoms. The molecule has 0 fully saturated rings. The first-order chi connectivity index (χ1) is 6.91. The van der Waals surface area contributed by atoms with Gasteiger partial charge in [0, 0.05) is 0 Å². The maximum Gasteiger partial charge on any atom is 0.320 e. The summed E-state index contributed by atoms with van der Waals surface area (Å²) >= 11 is 0. The molecule has 0 aliphatic carbocycles. The van der Waals surface area contributed by atoms with Crippen LogP contribution in [-0.4, -0.2) is 17.1 Å². The van der Waals surface area contributed by atoms with E-state index in [4.69, 9.17) is 10.8 Å². The Labute approximate surface area is 89.9 Å². The third kappa shape index (κ3) is 2.80. The Morgan fingerprint density at radius 1 is 1.33 bits per heavy atom. The molecule has 1 aromatic carbocycles. The van der Waals surface area contributed by atoms with E-state index in [2.05, 4.69) is 6.92 Å². The van der Waals surface area contributed by atoms with Crippen LogP contribution in [0.25, 0.3) is 0 Å². The van der Waals surface area contributed by atoms with Crippen LogP contribution in [0.15, 0.2) is 12.1 Å². The number of rotatable bonds is 3. The highest BCUT2D eigenvalue weighted by Crippen LogP contribution is 2.16. The Morgan fingerprint density at radius 2 is 1.80 bits per heavy atom. The Morgan fingerprint density at radius 3 is 2.20 bits per heavy atom. The van der Waals surface area contributed by atoms with Gasteiger partial charge in [-0.3, -0.25) is 4.79 Å². The maximum atomic E-state index is 10.6. The Balaban J connectivity index is 2.92. The van der Waals surface area contributed by atoms with E-state index in [-0.39, 0.29) is 0 Å². The van der Waals surface area contributed by atoms with Gasteiger partial charge in [0.2, 0.25) is 0 Å². The van der Waals surface area contributed by atoms with E-state index in [1.807, 2.05) is 26.0 Å². The summed E-state index contributed by atoms with van der Waals surface area (Å²) in [5, 5.41) is 8.71.